The van der Waals surface area contributed by atoms with Crippen LogP contribution in [0.1, 0.15) is 79.0 Å². The van der Waals surface area contributed by atoms with Crippen LogP contribution in [0.5, 0.6) is 11.5 Å². The first kappa shape index (κ1) is 34.6. The van der Waals surface area contributed by atoms with E-state index in [-0.39, 0.29) is 37.3 Å². The molecule has 0 saturated carbocycles. The van der Waals surface area contributed by atoms with Crippen molar-refractivity contribution in [3.8, 4) is 23.0 Å². The first-order valence-electron chi connectivity index (χ1n) is 16.8. The van der Waals surface area contributed by atoms with Gasteiger partial charge in [0.2, 0.25) is 0 Å². The van der Waals surface area contributed by atoms with Gasteiger partial charge in [-0.2, -0.15) is 6.07 Å². The Balaban J connectivity index is 0.00000417. The molecule has 0 radical (unpaired) electrons. The number of imidazole rings is 1. The van der Waals surface area contributed by atoms with Crippen molar-refractivity contribution >= 4 is 32.8 Å². The van der Waals surface area contributed by atoms with Gasteiger partial charge in [-0.1, -0.05) is 104 Å². The van der Waals surface area contributed by atoms with Crippen LogP contribution in [-0.4, -0.2) is 18.7 Å². The van der Waals surface area contributed by atoms with E-state index in [9.17, 15) is 0 Å². The van der Waals surface area contributed by atoms with Gasteiger partial charge in [0.25, 0.3) is 0 Å². The van der Waals surface area contributed by atoms with Gasteiger partial charge in [-0.15, -0.1) is 28.6 Å². The summed E-state index contributed by atoms with van der Waals surface area (Å²) in [6, 6.07) is 35.4. The number of hydrogen-bond acceptors (Lipinski definition) is 2. The van der Waals surface area contributed by atoms with Crippen LogP contribution in [0.3, 0.4) is 0 Å². The Kier molecular flexibility index (Phi) is 8.68. The zero-order chi connectivity index (χ0) is 34.2. The van der Waals surface area contributed by atoms with Crippen LogP contribution in [0, 0.1) is 12.1 Å². The molecule has 4 aromatic carbocycles. The first-order chi connectivity index (χ1) is 22.6. The van der Waals surface area contributed by atoms with Crippen molar-refractivity contribution in [1.29, 1.82) is 0 Å². The summed E-state index contributed by atoms with van der Waals surface area (Å²) in [7, 11) is 2.08. The number of nitrogens with zero attached hydrogens (tertiary/aromatic N) is 4. The zero-order valence-electron chi connectivity index (χ0n) is 30.2. The summed E-state index contributed by atoms with van der Waals surface area (Å²) in [5.74, 6) is 2.23. The molecular formula is C43H45N4OPt-. The summed E-state index contributed by atoms with van der Waals surface area (Å²) in [6.07, 6.45) is 4.03. The average Bonchev–Trinajstić information content (AvgIpc) is 3.53. The molecule has 0 aliphatic rings. The molecule has 0 bridgehead atoms. The van der Waals surface area contributed by atoms with Gasteiger partial charge in [-0.3, -0.25) is 0 Å². The van der Waals surface area contributed by atoms with E-state index < -0.39 is 0 Å². The smallest absolute Gasteiger partial charge is 0.188 e. The molecule has 0 aliphatic heterocycles. The summed E-state index contributed by atoms with van der Waals surface area (Å²) >= 11 is 0. The van der Waals surface area contributed by atoms with Crippen molar-refractivity contribution < 1.29 is 25.8 Å². The number of fused-ring (bicyclic) bond motifs is 4. The number of hydrogen-bond donors (Lipinski definition) is 0. The fourth-order valence-corrected chi connectivity index (χ4v) is 6.51. The fraction of sp³-hybridized carbons (Fsp3) is 0.302. The van der Waals surface area contributed by atoms with E-state index >= 15 is 0 Å². The summed E-state index contributed by atoms with van der Waals surface area (Å²) < 4.78 is 13.5. The van der Waals surface area contributed by atoms with Gasteiger partial charge in [-0.25, -0.2) is 14.1 Å². The van der Waals surface area contributed by atoms with Crippen molar-refractivity contribution in [1.82, 2.24) is 18.7 Å². The Morgan fingerprint density at radius 2 is 1.33 bits per heavy atom. The Morgan fingerprint density at radius 3 is 2.00 bits per heavy atom. The number of aromatic nitrogens is 4. The molecule has 6 heteroatoms. The van der Waals surface area contributed by atoms with Crippen molar-refractivity contribution in [2.24, 2.45) is 7.05 Å². The van der Waals surface area contributed by atoms with Crippen molar-refractivity contribution in [2.75, 3.05) is 0 Å². The van der Waals surface area contributed by atoms with Gasteiger partial charge in [0, 0.05) is 69.1 Å². The predicted molar refractivity (Wildman–Crippen MR) is 199 cm³/mol. The predicted octanol–water partition coefficient (Wildman–Crippen LogP) is 11.0. The van der Waals surface area contributed by atoms with Crippen LogP contribution in [0.15, 0.2) is 91.4 Å². The van der Waals surface area contributed by atoms with Crippen LogP contribution in [0.4, 0.5) is 0 Å². The molecule has 0 saturated heterocycles. The third-order valence-electron chi connectivity index (χ3n) is 9.31. The number of para-hydroxylation sites is 3. The first-order valence-corrected chi connectivity index (χ1v) is 16.8. The van der Waals surface area contributed by atoms with Gasteiger partial charge < -0.3 is 9.30 Å². The van der Waals surface area contributed by atoms with Crippen LogP contribution in [0.25, 0.3) is 44.3 Å². The second-order valence-electron chi connectivity index (χ2n) is 16.1. The molecule has 0 fully saturated rings. The van der Waals surface area contributed by atoms with Crippen LogP contribution >= 0.6 is 0 Å². The monoisotopic (exact) mass is 828 g/mol. The molecule has 254 valence electrons. The number of aryl methyl sites for hydroxylation is 1. The number of ether oxygens (including phenoxy) is 1. The van der Waals surface area contributed by atoms with Gasteiger partial charge in [0.1, 0.15) is 5.82 Å². The Morgan fingerprint density at radius 1 is 0.673 bits per heavy atom. The summed E-state index contributed by atoms with van der Waals surface area (Å²) in [6.45, 7) is 20.1. The summed E-state index contributed by atoms with van der Waals surface area (Å²) in [5, 5.41) is 2.30. The number of benzene rings is 4. The van der Waals surface area contributed by atoms with Crippen LogP contribution < -0.4 is 4.74 Å². The molecule has 0 spiro atoms. The van der Waals surface area contributed by atoms with Crippen LogP contribution in [-0.2, 0) is 44.4 Å². The quantitative estimate of drug-likeness (QED) is 0.166. The van der Waals surface area contributed by atoms with Gasteiger partial charge in [0.15, 0.2) is 17.4 Å². The molecule has 0 amide bonds. The molecule has 0 unspecified atom stereocenters. The molecule has 5 nitrogen and oxygen atoms in total. The SMILES string of the molecule is Cn1[cH+]n(-c2[c-]c(Oc3[c-]c4c(cc3C(C)(C)C)c3ccccc3n4-c3cc(C(C)(C)C)ccn3)cc(C(C)(C)C)c2)c2ccccc21.[Pt]. The van der Waals surface area contributed by atoms with Crippen molar-refractivity contribution in [2.45, 2.75) is 78.6 Å². The molecule has 0 atom stereocenters. The Hall–Kier alpha value is -4.21. The summed E-state index contributed by atoms with van der Waals surface area (Å²) in [5.41, 5.74) is 8.40. The molecule has 3 heterocycles. The second kappa shape index (κ2) is 12.3. The topological polar surface area (TPSA) is 36.9 Å². The van der Waals surface area contributed by atoms with Crippen LogP contribution in [0.2, 0.25) is 0 Å². The maximum absolute atomic E-state index is 6.96. The molecule has 7 rings (SSSR count). The maximum atomic E-state index is 6.96. The van der Waals surface area contributed by atoms with Crippen molar-refractivity contribution in [3.05, 3.63) is 120 Å². The van der Waals surface area contributed by atoms with E-state index in [4.69, 9.17) is 9.72 Å². The Labute approximate surface area is 304 Å². The van der Waals surface area contributed by atoms with Gasteiger partial charge >= 0.3 is 0 Å². The fourth-order valence-electron chi connectivity index (χ4n) is 6.51. The van der Waals surface area contributed by atoms with Gasteiger partial charge in [-0.05, 0) is 52.1 Å². The van der Waals surface area contributed by atoms with E-state index in [1.807, 2.05) is 6.20 Å². The third-order valence-corrected chi connectivity index (χ3v) is 9.31. The minimum atomic E-state index is -0.206. The standard InChI is InChI=1S/C43H45N4O.Pt/c1-41(2,3)28-19-20-44-40(23-28)47-35-16-12-11-15-32(35)33-25-34(43(7,8)9)39(26-38(33)47)48-31-22-29(42(4,5)6)21-30(24-31)46-27-45(10)36-17-13-14-18-37(36)46;/h11-23,25,27H,1-10H3;/q-1;. The van der Waals surface area contributed by atoms with E-state index in [1.165, 1.54) is 16.5 Å². The normalized spacial score (nSPS) is 12.5. The van der Waals surface area contributed by atoms with E-state index in [0.717, 1.165) is 44.5 Å². The largest absolute Gasteiger partial charge is 0.508 e. The maximum Gasteiger partial charge on any atom is 0.188 e. The summed E-state index contributed by atoms with van der Waals surface area (Å²) in [4.78, 5) is 4.88. The number of pyridine rings is 1. The molecule has 3 aromatic heterocycles. The van der Waals surface area contributed by atoms with Gasteiger partial charge in [0.05, 0.1) is 0 Å². The second-order valence-corrected chi connectivity index (χ2v) is 16.1. The molecule has 0 aliphatic carbocycles. The minimum Gasteiger partial charge on any atom is -0.508 e. The van der Waals surface area contributed by atoms with E-state index in [1.54, 1.807) is 0 Å². The number of rotatable bonds is 4. The third kappa shape index (κ3) is 6.34. The molecule has 0 N–H and O–H groups in total. The van der Waals surface area contributed by atoms with E-state index in [0.29, 0.717) is 11.5 Å². The molecular weight excluding hydrogens is 784 g/mol. The zero-order valence-corrected chi connectivity index (χ0v) is 32.4. The van der Waals surface area contributed by atoms with Crippen molar-refractivity contribution in [3.63, 3.8) is 0 Å². The van der Waals surface area contributed by atoms with E-state index in [2.05, 4.69) is 180 Å². The Bertz CT molecular complexity index is 2340. The molecule has 49 heavy (non-hydrogen) atoms. The minimum absolute atomic E-state index is 0. The molecule has 7 aromatic rings. The average molecular weight is 829 g/mol.